The molecule has 0 saturated carbocycles. The summed E-state index contributed by atoms with van der Waals surface area (Å²) in [7, 11) is -2.20. The van der Waals surface area contributed by atoms with Gasteiger partial charge in [0.05, 0.1) is 12.0 Å². The summed E-state index contributed by atoms with van der Waals surface area (Å²) in [6.45, 7) is 2.14. The van der Waals surface area contributed by atoms with Crippen molar-refractivity contribution >= 4 is 15.9 Å². The molecule has 0 aliphatic carbocycles. The number of hydrogen-bond donors (Lipinski definition) is 2. The molecular weight excluding hydrogens is 400 g/mol. The Hall–Kier alpha value is -3.16. The van der Waals surface area contributed by atoms with Crippen molar-refractivity contribution < 1.29 is 17.9 Å². The van der Waals surface area contributed by atoms with E-state index in [1.54, 1.807) is 26.2 Å². The number of amides is 1. The Morgan fingerprint density at radius 1 is 0.933 bits per heavy atom. The minimum Gasteiger partial charge on any atom is -0.496 e. The van der Waals surface area contributed by atoms with Gasteiger partial charge in [0.2, 0.25) is 10.0 Å². The van der Waals surface area contributed by atoms with E-state index in [0.717, 1.165) is 11.1 Å². The summed E-state index contributed by atoms with van der Waals surface area (Å²) in [4.78, 5) is 12.7. The van der Waals surface area contributed by atoms with Crippen molar-refractivity contribution in [3.05, 3.63) is 95.1 Å². The molecule has 0 aliphatic heterocycles. The number of ether oxygens (including phenoxy) is 1. The first kappa shape index (κ1) is 21.5. The van der Waals surface area contributed by atoms with Crippen LogP contribution < -0.4 is 14.8 Å². The lowest BCUT2D eigenvalue weighted by molar-refractivity contribution is 0.0950. The zero-order valence-corrected chi connectivity index (χ0v) is 17.7. The van der Waals surface area contributed by atoms with E-state index in [1.807, 2.05) is 54.6 Å². The predicted molar refractivity (Wildman–Crippen MR) is 116 cm³/mol. The molecular formula is C23H24N2O4S. The van der Waals surface area contributed by atoms with E-state index in [-0.39, 0.29) is 29.5 Å². The molecule has 0 fully saturated rings. The fourth-order valence-electron chi connectivity index (χ4n) is 3.01. The van der Waals surface area contributed by atoms with E-state index in [9.17, 15) is 13.2 Å². The largest absolute Gasteiger partial charge is 0.496 e. The van der Waals surface area contributed by atoms with Crippen molar-refractivity contribution in [2.45, 2.75) is 24.9 Å². The van der Waals surface area contributed by atoms with E-state index in [4.69, 9.17) is 4.74 Å². The van der Waals surface area contributed by atoms with Gasteiger partial charge in [0.15, 0.2) is 0 Å². The topological polar surface area (TPSA) is 84.5 Å². The minimum absolute atomic E-state index is 0.0865. The Balaban J connectivity index is 1.74. The second kappa shape index (κ2) is 9.56. The predicted octanol–water partition coefficient (Wildman–Crippen LogP) is 3.41. The molecule has 6 nitrogen and oxygen atoms in total. The van der Waals surface area contributed by atoms with Gasteiger partial charge in [-0.05, 0) is 36.2 Å². The van der Waals surface area contributed by atoms with Gasteiger partial charge in [-0.15, -0.1) is 0 Å². The molecule has 1 amide bonds. The second-order valence-corrected chi connectivity index (χ2v) is 8.52. The normalized spacial score (nSPS) is 11.1. The van der Waals surface area contributed by atoms with Crippen LogP contribution in [0, 0.1) is 6.92 Å². The SMILES string of the molecule is COc1ccccc1CNC(=O)c1ccc(C)c(S(=O)(=O)NCc2ccccc2)c1. The summed E-state index contributed by atoms with van der Waals surface area (Å²) in [5, 5.41) is 2.81. The Kier molecular flexibility index (Phi) is 6.87. The van der Waals surface area contributed by atoms with E-state index in [2.05, 4.69) is 10.0 Å². The molecule has 7 heteroatoms. The number of carbonyl (C=O) groups excluding carboxylic acids is 1. The number of benzene rings is 3. The average molecular weight is 425 g/mol. The molecule has 0 saturated heterocycles. The number of nitrogens with one attached hydrogen (secondary N) is 2. The zero-order chi connectivity index (χ0) is 21.6. The minimum atomic E-state index is -3.77. The molecule has 0 unspecified atom stereocenters. The van der Waals surface area contributed by atoms with Crippen molar-refractivity contribution in [1.29, 1.82) is 0 Å². The van der Waals surface area contributed by atoms with Crippen LogP contribution >= 0.6 is 0 Å². The Bertz CT molecular complexity index is 1130. The molecule has 0 radical (unpaired) electrons. The van der Waals surface area contributed by atoms with E-state index in [1.165, 1.54) is 6.07 Å². The van der Waals surface area contributed by atoms with Crippen LogP contribution in [0.1, 0.15) is 27.0 Å². The van der Waals surface area contributed by atoms with Crippen molar-refractivity contribution in [3.63, 3.8) is 0 Å². The van der Waals surface area contributed by atoms with E-state index >= 15 is 0 Å². The smallest absolute Gasteiger partial charge is 0.251 e. The van der Waals surface area contributed by atoms with Crippen LogP contribution in [0.15, 0.2) is 77.7 Å². The molecule has 3 rings (SSSR count). The first-order chi connectivity index (χ1) is 14.4. The van der Waals surface area contributed by atoms with Crippen molar-refractivity contribution in [2.24, 2.45) is 0 Å². The summed E-state index contributed by atoms with van der Waals surface area (Å²) in [6.07, 6.45) is 0. The van der Waals surface area contributed by atoms with Gasteiger partial charge < -0.3 is 10.1 Å². The summed E-state index contributed by atoms with van der Waals surface area (Å²) in [6, 6.07) is 21.3. The van der Waals surface area contributed by atoms with Crippen LogP contribution in [0.5, 0.6) is 5.75 Å². The third-order valence-electron chi connectivity index (χ3n) is 4.68. The van der Waals surface area contributed by atoms with Crippen molar-refractivity contribution in [3.8, 4) is 5.75 Å². The molecule has 3 aromatic rings. The fourth-order valence-corrected chi connectivity index (χ4v) is 4.30. The van der Waals surface area contributed by atoms with Crippen LogP contribution in [0.2, 0.25) is 0 Å². The van der Waals surface area contributed by atoms with Crippen LogP contribution in [0.4, 0.5) is 0 Å². The lowest BCUT2D eigenvalue weighted by atomic mass is 10.1. The molecule has 156 valence electrons. The molecule has 0 spiro atoms. The number of rotatable bonds is 8. The summed E-state index contributed by atoms with van der Waals surface area (Å²) in [5.74, 6) is 0.315. The fraction of sp³-hybridized carbons (Fsp3) is 0.174. The summed E-state index contributed by atoms with van der Waals surface area (Å²) >= 11 is 0. The molecule has 0 bridgehead atoms. The van der Waals surface area contributed by atoms with Gasteiger partial charge in [-0.1, -0.05) is 54.6 Å². The third kappa shape index (κ3) is 5.25. The summed E-state index contributed by atoms with van der Waals surface area (Å²) in [5.41, 5.74) is 2.52. The van der Waals surface area contributed by atoms with E-state index < -0.39 is 10.0 Å². The van der Waals surface area contributed by atoms with Gasteiger partial charge in [-0.2, -0.15) is 0 Å². The Morgan fingerprint density at radius 3 is 2.37 bits per heavy atom. The van der Waals surface area contributed by atoms with Gasteiger partial charge in [0, 0.05) is 24.2 Å². The number of para-hydroxylation sites is 1. The lowest BCUT2D eigenvalue weighted by Crippen LogP contribution is -2.26. The van der Waals surface area contributed by atoms with Crippen LogP contribution in [0.25, 0.3) is 0 Å². The molecule has 30 heavy (non-hydrogen) atoms. The number of methoxy groups -OCH3 is 1. The third-order valence-corrected chi connectivity index (χ3v) is 6.22. The van der Waals surface area contributed by atoms with Crippen LogP contribution in [0.3, 0.4) is 0 Å². The van der Waals surface area contributed by atoms with Gasteiger partial charge in [-0.25, -0.2) is 13.1 Å². The highest BCUT2D eigenvalue weighted by Gasteiger charge is 2.19. The maximum absolute atomic E-state index is 12.8. The molecule has 0 aromatic heterocycles. The number of carbonyl (C=O) groups is 1. The Labute approximate surface area is 177 Å². The lowest BCUT2D eigenvalue weighted by Gasteiger charge is -2.12. The van der Waals surface area contributed by atoms with Gasteiger partial charge in [-0.3, -0.25) is 4.79 Å². The van der Waals surface area contributed by atoms with Gasteiger partial charge >= 0.3 is 0 Å². The highest BCUT2D eigenvalue weighted by atomic mass is 32.2. The van der Waals surface area contributed by atoms with E-state index in [0.29, 0.717) is 11.3 Å². The molecule has 0 atom stereocenters. The number of hydrogen-bond acceptors (Lipinski definition) is 4. The van der Waals surface area contributed by atoms with Crippen molar-refractivity contribution in [1.82, 2.24) is 10.0 Å². The first-order valence-electron chi connectivity index (χ1n) is 9.45. The molecule has 0 heterocycles. The standard InChI is InChI=1S/C23H24N2O4S/c1-17-12-13-19(23(26)24-16-20-10-6-7-11-21(20)29-2)14-22(17)30(27,28)25-15-18-8-4-3-5-9-18/h3-14,25H,15-16H2,1-2H3,(H,24,26). The monoisotopic (exact) mass is 424 g/mol. The quantitative estimate of drug-likeness (QED) is 0.580. The first-order valence-corrected chi connectivity index (χ1v) is 10.9. The molecule has 0 aliphatic rings. The molecule has 2 N–H and O–H groups in total. The maximum Gasteiger partial charge on any atom is 0.251 e. The Morgan fingerprint density at radius 2 is 1.63 bits per heavy atom. The maximum atomic E-state index is 12.8. The van der Waals surface area contributed by atoms with Gasteiger partial charge in [0.1, 0.15) is 5.75 Å². The molecule has 3 aromatic carbocycles. The average Bonchev–Trinajstić information content (AvgIpc) is 2.77. The van der Waals surface area contributed by atoms with Crippen molar-refractivity contribution in [2.75, 3.05) is 7.11 Å². The van der Waals surface area contributed by atoms with Gasteiger partial charge in [0.25, 0.3) is 5.91 Å². The summed E-state index contributed by atoms with van der Waals surface area (Å²) < 4.78 is 33.5. The van der Waals surface area contributed by atoms with Crippen LogP contribution in [-0.2, 0) is 23.1 Å². The van der Waals surface area contributed by atoms with Crippen LogP contribution in [-0.4, -0.2) is 21.4 Å². The zero-order valence-electron chi connectivity index (χ0n) is 16.9. The number of aryl methyl sites for hydroxylation is 1. The number of sulfonamides is 1. The second-order valence-electron chi connectivity index (χ2n) is 6.78. The highest BCUT2D eigenvalue weighted by molar-refractivity contribution is 7.89. The highest BCUT2D eigenvalue weighted by Crippen LogP contribution is 2.19.